The van der Waals surface area contributed by atoms with Crippen LogP contribution in [0.15, 0.2) is 65.2 Å². The predicted octanol–water partition coefficient (Wildman–Crippen LogP) is 3.69. The second-order valence-corrected chi connectivity index (χ2v) is 5.81. The molecule has 7 nitrogen and oxygen atoms in total. The number of halogens is 1. The van der Waals surface area contributed by atoms with E-state index in [1.54, 1.807) is 12.1 Å². The van der Waals surface area contributed by atoms with Crippen LogP contribution in [-0.2, 0) is 18.0 Å². The van der Waals surface area contributed by atoms with Gasteiger partial charge in [-0.05, 0) is 36.4 Å². The molecule has 0 unspecified atom stereocenters. The Hall–Kier alpha value is -3.81. The molecule has 0 radical (unpaired) electrons. The smallest absolute Gasteiger partial charge is 0.357 e. The summed E-state index contributed by atoms with van der Waals surface area (Å²) < 4.78 is 28.5. The minimum Gasteiger partial charge on any atom is -0.485 e. The minimum atomic E-state index is -0.590. The summed E-state index contributed by atoms with van der Waals surface area (Å²) in [6.45, 7) is -0.147. The monoisotopic (exact) mass is 379 g/mol. The molecular formula is C20H14FN3O4. The number of fused-ring (bicyclic) bond motifs is 1. The van der Waals surface area contributed by atoms with Gasteiger partial charge in [-0.2, -0.15) is 4.98 Å². The summed E-state index contributed by atoms with van der Waals surface area (Å²) in [7, 11) is 0. The molecule has 0 aliphatic rings. The fourth-order valence-corrected chi connectivity index (χ4v) is 2.47. The van der Waals surface area contributed by atoms with Crippen molar-refractivity contribution in [1.29, 1.82) is 0 Å². The average Bonchev–Trinajstić information content (AvgIpc) is 3.19. The Morgan fingerprint density at radius 3 is 2.64 bits per heavy atom. The van der Waals surface area contributed by atoms with Gasteiger partial charge >= 0.3 is 5.97 Å². The van der Waals surface area contributed by atoms with Crippen LogP contribution in [0, 0.1) is 5.82 Å². The molecule has 0 amide bonds. The lowest BCUT2D eigenvalue weighted by molar-refractivity contribution is 0.0423. The summed E-state index contributed by atoms with van der Waals surface area (Å²) >= 11 is 0. The van der Waals surface area contributed by atoms with Crippen LogP contribution in [0.5, 0.6) is 5.75 Å². The van der Waals surface area contributed by atoms with E-state index in [9.17, 15) is 9.18 Å². The molecule has 0 spiro atoms. The van der Waals surface area contributed by atoms with Gasteiger partial charge < -0.3 is 14.0 Å². The number of carbonyl (C=O) groups excluding carboxylic acids is 1. The third kappa shape index (κ3) is 4.12. The van der Waals surface area contributed by atoms with Gasteiger partial charge in [0, 0.05) is 5.39 Å². The molecule has 0 aliphatic heterocycles. The Balaban J connectivity index is 1.33. The number of benzene rings is 2. The Morgan fingerprint density at radius 1 is 0.964 bits per heavy atom. The first-order chi connectivity index (χ1) is 13.7. The molecule has 4 rings (SSSR count). The molecule has 0 N–H and O–H groups in total. The van der Waals surface area contributed by atoms with Gasteiger partial charge in [0.2, 0.25) is 5.82 Å². The first-order valence-electron chi connectivity index (χ1n) is 8.40. The third-order valence-electron chi connectivity index (χ3n) is 3.83. The highest BCUT2D eigenvalue weighted by Crippen LogP contribution is 2.14. The topological polar surface area (TPSA) is 87.3 Å². The van der Waals surface area contributed by atoms with E-state index in [0.717, 1.165) is 5.39 Å². The van der Waals surface area contributed by atoms with Gasteiger partial charge in [0.1, 0.15) is 17.3 Å². The number of rotatable bonds is 6. The predicted molar refractivity (Wildman–Crippen MR) is 95.9 cm³/mol. The fraction of sp³-hybridized carbons (Fsp3) is 0.100. The summed E-state index contributed by atoms with van der Waals surface area (Å²) in [4.78, 5) is 20.5. The Kier molecular flexibility index (Phi) is 4.92. The van der Waals surface area contributed by atoms with E-state index in [0.29, 0.717) is 11.3 Å². The molecule has 0 atom stereocenters. The second-order valence-electron chi connectivity index (χ2n) is 5.81. The van der Waals surface area contributed by atoms with Crippen LogP contribution in [-0.4, -0.2) is 21.1 Å². The molecule has 8 heteroatoms. The summed E-state index contributed by atoms with van der Waals surface area (Å²) in [6.07, 6.45) is 0. The van der Waals surface area contributed by atoms with E-state index in [2.05, 4.69) is 15.1 Å². The number of aromatic nitrogens is 3. The highest BCUT2D eigenvalue weighted by atomic mass is 19.1. The number of nitrogens with zero attached hydrogens (tertiary/aromatic N) is 3. The Labute approximate surface area is 158 Å². The van der Waals surface area contributed by atoms with E-state index in [-0.39, 0.29) is 36.4 Å². The zero-order valence-corrected chi connectivity index (χ0v) is 14.5. The molecule has 0 fully saturated rings. The summed E-state index contributed by atoms with van der Waals surface area (Å²) in [5.74, 6) is -0.0578. The number of hydrogen-bond acceptors (Lipinski definition) is 7. The van der Waals surface area contributed by atoms with Gasteiger partial charge in [-0.1, -0.05) is 29.4 Å². The maximum absolute atomic E-state index is 12.9. The molecule has 2 heterocycles. The fourth-order valence-electron chi connectivity index (χ4n) is 2.47. The minimum absolute atomic E-state index is 0.0370. The number of hydrogen-bond donors (Lipinski definition) is 0. The van der Waals surface area contributed by atoms with Crippen molar-refractivity contribution in [3.63, 3.8) is 0 Å². The van der Waals surface area contributed by atoms with Gasteiger partial charge in [0.25, 0.3) is 5.89 Å². The Bertz CT molecular complexity index is 1110. The zero-order valence-electron chi connectivity index (χ0n) is 14.5. The first-order valence-corrected chi connectivity index (χ1v) is 8.40. The molecule has 2 aromatic carbocycles. The van der Waals surface area contributed by atoms with E-state index in [4.69, 9.17) is 14.0 Å². The van der Waals surface area contributed by atoms with Crippen LogP contribution >= 0.6 is 0 Å². The molecule has 2 aromatic heterocycles. The van der Waals surface area contributed by atoms with Crippen LogP contribution in [0.3, 0.4) is 0 Å². The molecule has 28 heavy (non-hydrogen) atoms. The first kappa shape index (κ1) is 17.6. The highest BCUT2D eigenvalue weighted by molar-refractivity contribution is 5.90. The van der Waals surface area contributed by atoms with Crippen LogP contribution in [0.1, 0.15) is 22.2 Å². The van der Waals surface area contributed by atoms with Crippen molar-refractivity contribution < 1.29 is 23.2 Å². The summed E-state index contributed by atoms with van der Waals surface area (Å²) in [5, 5.41) is 4.68. The van der Waals surface area contributed by atoms with Crippen molar-refractivity contribution >= 4 is 16.9 Å². The van der Waals surface area contributed by atoms with Crippen LogP contribution in [0.4, 0.5) is 4.39 Å². The zero-order chi connectivity index (χ0) is 19.3. The number of esters is 1. The maximum atomic E-state index is 12.9. The average molecular weight is 379 g/mol. The molecule has 0 bridgehead atoms. The Morgan fingerprint density at radius 2 is 1.79 bits per heavy atom. The normalized spacial score (nSPS) is 10.8. The van der Waals surface area contributed by atoms with Crippen molar-refractivity contribution in [3.8, 4) is 5.75 Å². The number of para-hydroxylation sites is 1. The largest absolute Gasteiger partial charge is 0.485 e. The second kappa shape index (κ2) is 7.83. The summed E-state index contributed by atoms with van der Waals surface area (Å²) in [6, 6.07) is 16.4. The lowest BCUT2D eigenvalue weighted by Gasteiger charge is -2.03. The molecule has 0 aliphatic carbocycles. The lowest BCUT2D eigenvalue weighted by Crippen LogP contribution is -2.07. The number of pyridine rings is 1. The van der Waals surface area contributed by atoms with Gasteiger partial charge in [0.05, 0.1) is 5.52 Å². The van der Waals surface area contributed by atoms with Crippen LogP contribution in [0.2, 0.25) is 0 Å². The molecule has 140 valence electrons. The van der Waals surface area contributed by atoms with E-state index >= 15 is 0 Å². The number of ether oxygens (including phenoxy) is 2. The van der Waals surface area contributed by atoms with E-state index < -0.39 is 5.97 Å². The van der Waals surface area contributed by atoms with Gasteiger partial charge in [-0.15, -0.1) is 0 Å². The van der Waals surface area contributed by atoms with Crippen molar-refractivity contribution in [1.82, 2.24) is 15.1 Å². The molecule has 4 aromatic rings. The van der Waals surface area contributed by atoms with Crippen molar-refractivity contribution in [2.75, 3.05) is 0 Å². The lowest BCUT2D eigenvalue weighted by atomic mass is 10.2. The third-order valence-corrected chi connectivity index (χ3v) is 3.83. The van der Waals surface area contributed by atoms with Crippen molar-refractivity contribution in [2.45, 2.75) is 13.2 Å². The van der Waals surface area contributed by atoms with Crippen molar-refractivity contribution in [2.24, 2.45) is 0 Å². The maximum Gasteiger partial charge on any atom is 0.357 e. The van der Waals surface area contributed by atoms with Crippen molar-refractivity contribution in [3.05, 3.63) is 83.9 Å². The SMILES string of the molecule is O=C(OCc1nc(COc2ccc(F)cc2)no1)c1ccc2ccccc2n1. The number of carbonyl (C=O) groups is 1. The highest BCUT2D eigenvalue weighted by Gasteiger charge is 2.13. The standard InChI is InChI=1S/C20H14FN3O4/c21-14-6-8-15(9-7-14)26-11-18-23-19(28-24-18)12-27-20(25)17-10-5-13-3-1-2-4-16(13)22-17/h1-10H,11-12H2. The quantitative estimate of drug-likeness (QED) is 0.472. The van der Waals surface area contributed by atoms with E-state index in [1.165, 1.54) is 24.3 Å². The van der Waals surface area contributed by atoms with Gasteiger partial charge in [-0.25, -0.2) is 14.2 Å². The van der Waals surface area contributed by atoms with Gasteiger partial charge in [0.15, 0.2) is 13.2 Å². The van der Waals surface area contributed by atoms with Crippen LogP contribution in [0.25, 0.3) is 10.9 Å². The van der Waals surface area contributed by atoms with Crippen LogP contribution < -0.4 is 4.74 Å². The van der Waals surface area contributed by atoms with E-state index in [1.807, 2.05) is 24.3 Å². The molecular weight excluding hydrogens is 365 g/mol. The summed E-state index contributed by atoms with van der Waals surface area (Å²) in [5.41, 5.74) is 0.896. The molecule has 0 saturated carbocycles. The molecule has 0 saturated heterocycles. The van der Waals surface area contributed by atoms with Gasteiger partial charge in [-0.3, -0.25) is 0 Å².